The number of rotatable bonds is 4. The van der Waals surface area contributed by atoms with Crippen LogP contribution in [-0.4, -0.2) is 28.8 Å². The molecule has 2 rings (SSSR count). The molecule has 0 aliphatic heterocycles. The first-order chi connectivity index (χ1) is 9.08. The van der Waals surface area contributed by atoms with Crippen molar-refractivity contribution in [2.45, 2.75) is 31.8 Å². The second kappa shape index (κ2) is 6.39. The van der Waals surface area contributed by atoms with E-state index in [2.05, 4.69) is 21.2 Å². The summed E-state index contributed by atoms with van der Waals surface area (Å²) in [5, 5.41) is 22.2. The van der Waals surface area contributed by atoms with Gasteiger partial charge in [-0.3, -0.25) is 4.79 Å². The molecule has 1 saturated carbocycles. The maximum absolute atomic E-state index is 11.9. The fourth-order valence-electron chi connectivity index (χ4n) is 2.46. The van der Waals surface area contributed by atoms with E-state index < -0.39 is 6.10 Å². The number of aliphatic hydroxyl groups is 1. The van der Waals surface area contributed by atoms with Gasteiger partial charge in [-0.2, -0.15) is 0 Å². The number of hydrogen-bond donors (Lipinski definition) is 3. The molecule has 0 radical (unpaired) electrons. The van der Waals surface area contributed by atoms with Crippen molar-refractivity contribution in [3.63, 3.8) is 0 Å². The predicted octanol–water partition coefficient (Wildman–Crippen LogP) is 2.44. The molecule has 0 heterocycles. The summed E-state index contributed by atoms with van der Waals surface area (Å²) in [7, 11) is 0. The summed E-state index contributed by atoms with van der Waals surface area (Å²) in [6, 6.07) is 4.65. The van der Waals surface area contributed by atoms with Crippen LogP contribution in [0.25, 0.3) is 0 Å². The van der Waals surface area contributed by atoms with Crippen LogP contribution in [0.3, 0.4) is 0 Å². The van der Waals surface area contributed by atoms with Gasteiger partial charge in [0.05, 0.1) is 10.6 Å². The Balaban J connectivity index is 1.88. The first kappa shape index (κ1) is 14.3. The standard InChI is InChI=1S/C14H18BrNO3/c15-11-6-5-10(7-12(11)17)14(19)16-8-13(18)9-3-1-2-4-9/h5-7,9,13,17-18H,1-4,8H2,(H,16,19). The van der Waals surface area contributed by atoms with Crippen LogP contribution in [-0.2, 0) is 0 Å². The van der Waals surface area contributed by atoms with Crippen molar-refractivity contribution in [1.29, 1.82) is 0 Å². The van der Waals surface area contributed by atoms with Crippen LogP contribution in [0.2, 0.25) is 0 Å². The Hall–Kier alpha value is -1.07. The number of carbonyl (C=O) groups is 1. The maximum Gasteiger partial charge on any atom is 0.251 e. The minimum atomic E-state index is -0.476. The largest absolute Gasteiger partial charge is 0.507 e. The zero-order valence-electron chi connectivity index (χ0n) is 10.6. The van der Waals surface area contributed by atoms with Gasteiger partial charge in [-0.1, -0.05) is 12.8 Å². The monoisotopic (exact) mass is 327 g/mol. The molecule has 4 nitrogen and oxygen atoms in total. The van der Waals surface area contributed by atoms with Gasteiger partial charge in [0, 0.05) is 12.1 Å². The number of hydrogen-bond acceptors (Lipinski definition) is 3. The van der Waals surface area contributed by atoms with E-state index in [1.165, 1.54) is 6.07 Å². The molecule has 0 bridgehead atoms. The number of amides is 1. The van der Waals surface area contributed by atoms with E-state index in [4.69, 9.17) is 0 Å². The van der Waals surface area contributed by atoms with Crippen LogP contribution in [0.15, 0.2) is 22.7 Å². The molecule has 1 aromatic rings. The highest BCUT2D eigenvalue weighted by Crippen LogP contribution is 2.27. The highest BCUT2D eigenvalue weighted by molar-refractivity contribution is 9.10. The fraction of sp³-hybridized carbons (Fsp3) is 0.500. The number of aliphatic hydroxyl groups excluding tert-OH is 1. The molecule has 0 saturated heterocycles. The summed E-state index contributed by atoms with van der Waals surface area (Å²) >= 11 is 3.16. The van der Waals surface area contributed by atoms with Crippen molar-refractivity contribution in [2.24, 2.45) is 5.92 Å². The second-order valence-corrected chi connectivity index (χ2v) is 5.84. The topological polar surface area (TPSA) is 69.6 Å². The van der Waals surface area contributed by atoms with Gasteiger partial charge < -0.3 is 15.5 Å². The fourth-order valence-corrected chi connectivity index (χ4v) is 2.71. The molecule has 0 aromatic heterocycles. The Morgan fingerprint density at radius 2 is 2.11 bits per heavy atom. The molecular weight excluding hydrogens is 310 g/mol. The summed E-state index contributed by atoms with van der Waals surface area (Å²) in [6.45, 7) is 0.264. The Morgan fingerprint density at radius 1 is 1.42 bits per heavy atom. The van der Waals surface area contributed by atoms with Gasteiger partial charge in [0.15, 0.2) is 0 Å². The first-order valence-corrected chi connectivity index (χ1v) is 7.32. The summed E-state index contributed by atoms with van der Waals surface area (Å²) in [5.41, 5.74) is 0.388. The van der Waals surface area contributed by atoms with Gasteiger partial charge in [0.25, 0.3) is 5.91 Å². The molecule has 1 aliphatic rings. The average Bonchev–Trinajstić information content (AvgIpc) is 2.92. The molecule has 3 N–H and O–H groups in total. The molecule has 104 valence electrons. The van der Waals surface area contributed by atoms with Crippen molar-refractivity contribution in [3.05, 3.63) is 28.2 Å². The van der Waals surface area contributed by atoms with Crippen LogP contribution in [0.5, 0.6) is 5.75 Å². The Bertz CT molecular complexity index is 458. The predicted molar refractivity (Wildman–Crippen MR) is 76.1 cm³/mol. The zero-order chi connectivity index (χ0) is 13.8. The lowest BCUT2D eigenvalue weighted by molar-refractivity contribution is 0.0840. The third-order valence-electron chi connectivity index (χ3n) is 3.62. The van der Waals surface area contributed by atoms with Crippen molar-refractivity contribution in [2.75, 3.05) is 6.54 Å². The normalized spacial score (nSPS) is 17.4. The van der Waals surface area contributed by atoms with E-state index in [1.807, 2.05) is 0 Å². The molecule has 0 spiro atoms. The highest BCUT2D eigenvalue weighted by Gasteiger charge is 2.23. The molecule has 1 aliphatic carbocycles. The number of halogens is 1. The van der Waals surface area contributed by atoms with Crippen molar-refractivity contribution >= 4 is 21.8 Å². The lowest BCUT2D eigenvalue weighted by Crippen LogP contribution is -2.35. The molecule has 1 fully saturated rings. The molecule has 19 heavy (non-hydrogen) atoms. The van der Waals surface area contributed by atoms with Gasteiger partial charge >= 0.3 is 0 Å². The second-order valence-electron chi connectivity index (χ2n) is 4.99. The van der Waals surface area contributed by atoms with Crippen LogP contribution < -0.4 is 5.32 Å². The summed E-state index contributed by atoms with van der Waals surface area (Å²) in [5.74, 6) is 0.0578. The quantitative estimate of drug-likeness (QED) is 0.795. The van der Waals surface area contributed by atoms with E-state index >= 15 is 0 Å². The van der Waals surface area contributed by atoms with E-state index in [9.17, 15) is 15.0 Å². The van der Waals surface area contributed by atoms with Crippen LogP contribution in [0.4, 0.5) is 0 Å². The van der Waals surface area contributed by atoms with Crippen molar-refractivity contribution in [1.82, 2.24) is 5.32 Å². The van der Waals surface area contributed by atoms with Gasteiger partial charge in [0.1, 0.15) is 5.75 Å². The third kappa shape index (κ3) is 3.70. The Kier molecular flexibility index (Phi) is 4.82. The Morgan fingerprint density at radius 3 is 2.74 bits per heavy atom. The molecule has 1 atom stereocenters. The number of nitrogens with one attached hydrogen (secondary N) is 1. The molecule has 1 amide bonds. The molecule has 1 aromatic carbocycles. The smallest absolute Gasteiger partial charge is 0.251 e. The number of phenolic OH excluding ortho intramolecular Hbond substituents is 1. The number of carbonyl (C=O) groups excluding carboxylic acids is 1. The average molecular weight is 328 g/mol. The zero-order valence-corrected chi connectivity index (χ0v) is 12.2. The number of phenols is 1. The van der Waals surface area contributed by atoms with Crippen molar-refractivity contribution < 1.29 is 15.0 Å². The van der Waals surface area contributed by atoms with E-state index in [0.717, 1.165) is 25.7 Å². The Labute approximate surface area is 121 Å². The maximum atomic E-state index is 11.9. The third-order valence-corrected chi connectivity index (χ3v) is 4.29. The molecule has 1 unspecified atom stereocenters. The van der Waals surface area contributed by atoms with Gasteiger partial charge in [-0.25, -0.2) is 0 Å². The number of benzene rings is 1. The lowest BCUT2D eigenvalue weighted by Gasteiger charge is -2.18. The number of aromatic hydroxyl groups is 1. The molecule has 5 heteroatoms. The summed E-state index contributed by atoms with van der Waals surface area (Å²) < 4.78 is 0.551. The molecular formula is C14H18BrNO3. The lowest BCUT2D eigenvalue weighted by atomic mass is 10.0. The van der Waals surface area contributed by atoms with Gasteiger partial charge in [0.2, 0.25) is 0 Å². The van der Waals surface area contributed by atoms with E-state index in [-0.39, 0.29) is 18.2 Å². The summed E-state index contributed by atoms with van der Waals surface area (Å²) in [4.78, 5) is 11.9. The first-order valence-electron chi connectivity index (χ1n) is 6.52. The van der Waals surface area contributed by atoms with Crippen LogP contribution in [0.1, 0.15) is 36.0 Å². The minimum Gasteiger partial charge on any atom is -0.507 e. The van der Waals surface area contributed by atoms with Crippen LogP contribution in [0, 0.1) is 5.92 Å². The van der Waals surface area contributed by atoms with Crippen LogP contribution >= 0.6 is 15.9 Å². The van der Waals surface area contributed by atoms with Gasteiger partial charge in [-0.15, -0.1) is 0 Å². The van der Waals surface area contributed by atoms with E-state index in [1.54, 1.807) is 12.1 Å². The van der Waals surface area contributed by atoms with Crippen molar-refractivity contribution in [3.8, 4) is 5.75 Å². The minimum absolute atomic E-state index is 0.0315. The SMILES string of the molecule is O=C(NCC(O)C1CCCC1)c1ccc(Br)c(O)c1. The summed E-state index contributed by atoms with van der Waals surface area (Å²) in [6.07, 6.45) is 3.93. The highest BCUT2D eigenvalue weighted by atomic mass is 79.9. The van der Waals surface area contributed by atoms with Gasteiger partial charge in [-0.05, 0) is 52.9 Å². The van der Waals surface area contributed by atoms with E-state index in [0.29, 0.717) is 16.0 Å².